The summed E-state index contributed by atoms with van der Waals surface area (Å²) in [6.07, 6.45) is 2.60. The Morgan fingerprint density at radius 3 is 2.52 bits per heavy atom. The molecule has 27 heavy (non-hydrogen) atoms. The van der Waals surface area contributed by atoms with Gasteiger partial charge < -0.3 is 10.1 Å². The molecule has 3 N–H and O–H groups in total. The lowest BCUT2D eigenvalue weighted by Crippen LogP contribution is -2.52. The van der Waals surface area contributed by atoms with Crippen molar-refractivity contribution in [3.05, 3.63) is 28.8 Å². The number of sulfonamides is 1. The number of nitrogens with two attached hydrogens (primary N) is 1. The molecule has 1 fully saturated rings. The lowest BCUT2D eigenvalue weighted by molar-refractivity contribution is -0.130. The third-order valence-corrected chi connectivity index (χ3v) is 5.80. The van der Waals surface area contributed by atoms with Crippen molar-refractivity contribution >= 4 is 33.5 Å². The Morgan fingerprint density at radius 1 is 1.33 bits per heavy atom. The number of carbonyl (C=O) groups is 2. The molecule has 0 spiro atoms. The van der Waals surface area contributed by atoms with Gasteiger partial charge in [-0.05, 0) is 38.0 Å². The number of amides is 1. The highest BCUT2D eigenvalue weighted by Gasteiger charge is 2.35. The van der Waals surface area contributed by atoms with Gasteiger partial charge >= 0.3 is 5.97 Å². The lowest BCUT2D eigenvalue weighted by Gasteiger charge is -2.32. The zero-order chi connectivity index (χ0) is 20.2. The molecule has 0 saturated heterocycles. The van der Waals surface area contributed by atoms with Crippen LogP contribution in [-0.2, 0) is 19.6 Å². The van der Waals surface area contributed by atoms with Crippen molar-refractivity contribution in [2.75, 3.05) is 0 Å². The molecule has 2 rings (SSSR count). The molecule has 1 aliphatic rings. The van der Waals surface area contributed by atoms with Gasteiger partial charge in [0.1, 0.15) is 10.4 Å². The van der Waals surface area contributed by atoms with Gasteiger partial charge in [0.2, 0.25) is 10.0 Å². The van der Waals surface area contributed by atoms with Crippen LogP contribution >= 0.6 is 11.6 Å². The molecule has 8 nitrogen and oxygen atoms in total. The van der Waals surface area contributed by atoms with Crippen LogP contribution in [-0.4, -0.2) is 31.9 Å². The molecular weight excluding hydrogens is 394 g/mol. The average Bonchev–Trinajstić information content (AvgIpc) is 2.61. The molecule has 1 unspecified atom stereocenters. The maximum Gasteiger partial charge on any atom is 0.338 e. The van der Waals surface area contributed by atoms with Crippen molar-refractivity contribution in [3.8, 4) is 6.07 Å². The number of nitriles is 1. The second-order valence-electron chi connectivity index (χ2n) is 6.48. The first-order valence-corrected chi connectivity index (χ1v) is 10.3. The van der Waals surface area contributed by atoms with E-state index in [1.165, 1.54) is 19.1 Å². The van der Waals surface area contributed by atoms with Crippen molar-refractivity contribution < 1.29 is 22.7 Å². The van der Waals surface area contributed by atoms with Crippen LogP contribution in [0, 0.1) is 11.3 Å². The topological polar surface area (TPSA) is 139 Å². The highest BCUT2D eigenvalue weighted by atomic mass is 35.5. The van der Waals surface area contributed by atoms with Gasteiger partial charge in [-0.1, -0.05) is 30.9 Å². The van der Waals surface area contributed by atoms with Crippen molar-refractivity contribution in [2.24, 2.45) is 5.14 Å². The fourth-order valence-corrected chi connectivity index (χ4v) is 3.96. The van der Waals surface area contributed by atoms with Gasteiger partial charge in [-0.3, -0.25) is 4.79 Å². The molecule has 1 aliphatic carbocycles. The van der Waals surface area contributed by atoms with Gasteiger partial charge in [0.15, 0.2) is 6.10 Å². The number of primary sulfonamides is 1. The number of hydrogen-bond acceptors (Lipinski definition) is 6. The molecule has 0 heterocycles. The fraction of sp³-hybridized carbons (Fsp3) is 0.471. The number of rotatable bonds is 5. The number of nitrogens with zero attached hydrogens (tertiary/aromatic N) is 1. The second-order valence-corrected chi connectivity index (χ2v) is 8.42. The molecule has 10 heteroatoms. The first-order valence-electron chi connectivity index (χ1n) is 8.34. The second kappa shape index (κ2) is 8.25. The first kappa shape index (κ1) is 21.2. The zero-order valence-corrected chi connectivity index (χ0v) is 16.3. The summed E-state index contributed by atoms with van der Waals surface area (Å²) in [4.78, 5) is 24.2. The number of benzene rings is 1. The third kappa shape index (κ3) is 5.19. The van der Waals surface area contributed by atoms with Crippen LogP contribution in [0.5, 0.6) is 0 Å². The third-order valence-electron chi connectivity index (χ3n) is 4.41. The van der Waals surface area contributed by atoms with Crippen molar-refractivity contribution in [2.45, 2.75) is 55.6 Å². The smallest absolute Gasteiger partial charge is 0.338 e. The van der Waals surface area contributed by atoms with Crippen LogP contribution in [0.1, 0.15) is 49.4 Å². The number of halogens is 1. The zero-order valence-electron chi connectivity index (χ0n) is 14.7. The van der Waals surface area contributed by atoms with Crippen molar-refractivity contribution in [1.82, 2.24) is 5.32 Å². The largest absolute Gasteiger partial charge is 0.449 e. The normalized spacial score (nSPS) is 17.4. The predicted molar refractivity (Wildman–Crippen MR) is 97.3 cm³/mol. The molecule has 1 aromatic carbocycles. The van der Waals surface area contributed by atoms with E-state index in [-0.39, 0.29) is 10.6 Å². The Morgan fingerprint density at radius 2 is 1.96 bits per heavy atom. The van der Waals surface area contributed by atoms with Gasteiger partial charge in [0.05, 0.1) is 16.7 Å². The summed E-state index contributed by atoms with van der Waals surface area (Å²) in [5, 5.41) is 17.0. The highest BCUT2D eigenvalue weighted by Crippen LogP contribution is 2.28. The van der Waals surface area contributed by atoms with E-state index in [1.54, 1.807) is 0 Å². The Hall–Kier alpha value is -2.15. The van der Waals surface area contributed by atoms with Crippen molar-refractivity contribution in [3.63, 3.8) is 0 Å². The molecule has 0 radical (unpaired) electrons. The molecule has 1 atom stereocenters. The standard InChI is InChI=1S/C17H20ClN3O5S/c1-11(15(22)21-17(10-19)7-3-2-4-8-17)26-16(23)12-5-6-13(18)14(9-12)27(20,24)25/h5-6,9,11H,2-4,7-8H2,1H3,(H,21,22)(H2,20,24,25). The van der Waals surface area contributed by atoms with Crippen LogP contribution in [0.3, 0.4) is 0 Å². The molecular formula is C17H20ClN3O5S. The molecule has 1 aromatic rings. The number of hydrogen-bond donors (Lipinski definition) is 2. The monoisotopic (exact) mass is 413 g/mol. The Kier molecular flexibility index (Phi) is 6.46. The Balaban J connectivity index is 2.09. The summed E-state index contributed by atoms with van der Waals surface area (Å²) >= 11 is 5.78. The number of nitrogens with one attached hydrogen (secondary N) is 1. The van der Waals surface area contributed by atoms with Gasteiger partial charge in [0, 0.05) is 0 Å². The fourth-order valence-electron chi connectivity index (χ4n) is 2.89. The van der Waals surface area contributed by atoms with Gasteiger partial charge in [-0.25, -0.2) is 18.4 Å². The average molecular weight is 414 g/mol. The highest BCUT2D eigenvalue weighted by molar-refractivity contribution is 7.89. The van der Waals surface area contributed by atoms with Crippen LogP contribution < -0.4 is 10.5 Å². The van der Waals surface area contributed by atoms with E-state index < -0.39 is 38.4 Å². The van der Waals surface area contributed by atoms with Gasteiger partial charge in [-0.15, -0.1) is 0 Å². The maximum atomic E-state index is 12.3. The van der Waals surface area contributed by atoms with E-state index in [1.807, 2.05) is 0 Å². The first-order chi connectivity index (χ1) is 12.6. The molecule has 0 aliphatic heterocycles. The van der Waals surface area contributed by atoms with Gasteiger partial charge in [0.25, 0.3) is 5.91 Å². The Bertz CT molecular complexity index is 888. The predicted octanol–water partition coefficient (Wildman–Crippen LogP) is 1.88. The molecule has 146 valence electrons. The summed E-state index contributed by atoms with van der Waals surface area (Å²) in [5.74, 6) is -1.50. The summed E-state index contributed by atoms with van der Waals surface area (Å²) in [6, 6.07) is 5.61. The van der Waals surface area contributed by atoms with E-state index in [4.69, 9.17) is 21.5 Å². The lowest BCUT2D eigenvalue weighted by atomic mass is 9.83. The maximum absolute atomic E-state index is 12.3. The SMILES string of the molecule is CC(OC(=O)c1ccc(Cl)c(S(N)(=O)=O)c1)C(=O)NC1(C#N)CCCCC1. The van der Waals surface area contributed by atoms with Crippen LogP contribution in [0.2, 0.25) is 5.02 Å². The van der Waals surface area contributed by atoms with E-state index in [9.17, 15) is 23.3 Å². The van der Waals surface area contributed by atoms with Gasteiger partial charge in [-0.2, -0.15) is 5.26 Å². The minimum atomic E-state index is -4.12. The summed E-state index contributed by atoms with van der Waals surface area (Å²) in [7, 11) is -4.12. The van der Waals surface area contributed by atoms with E-state index in [0.29, 0.717) is 12.8 Å². The molecule has 1 saturated carbocycles. The summed E-state index contributed by atoms with van der Waals surface area (Å²) in [6.45, 7) is 1.37. The minimum absolute atomic E-state index is 0.115. The minimum Gasteiger partial charge on any atom is -0.449 e. The summed E-state index contributed by atoms with van der Waals surface area (Å²) in [5.41, 5.74) is -1.06. The molecule has 0 aromatic heterocycles. The molecule has 1 amide bonds. The van der Waals surface area contributed by atoms with Crippen LogP contribution in [0.4, 0.5) is 0 Å². The number of ether oxygens (including phenoxy) is 1. The quantitative estimate of drug-likeness (QED) is 0.706. The van der Waals surface area contributed by atoms with Crippen LogP contribution in [0.25, 0.3) is 0 Å². The van der Waals surface area contributed by atoms with E-state index in [0.717, 1.165) is 25.3 Å². The number of esters is 1. The van der Waals surface area contributed by atoms with E-state index in [2.05, 4.69) is 11.4 Å². The number of carbonyl (C=O) groups excluding carboxylic acids is 2. The summed E-state index contributed by atoms with van der Waals surface area (Å²) < 4.78 is 28.1. The van der Waals surface area contributed by atoms with E-state index >= 15 is 0 Å². The van der Waals surface area contributed by atoms with Crippen LogP contribution in [0.15, 0.2) is 23.1 Å². The Labute approximate surface area is 162 Å². The molecule has 0 bridgehead atoms. The van der Waals surface area contributed by atoms with Crippen molar-refractivity contribution in [1.29, 1.82) is 5.26 Å².